The third kappa shape index (κ3) is 4.47. The zero-order chi connectivity index (χ0) is 11.8. The number of hydrogen-bond acceptors (Lipinski definition) is 4. The molecule has 16 heavy (non-hydrogen) atoms. The highest BCUT2D eigenvalue weighted by Gasteiger charge is 2.19. The van der Waals surface area contributed by atoms with Crippen LogP contribution < -0.4 is 0 Å². The van der Waals surface area contributed by atoms with Gasteiger partial charge >= 0.3 is 0 Å². The van der Waals surface area contributed by atoms with Gasteiger partial charge in [-0.05, 0) is 12.8 Å². The third-order valence-corrected chi connectivity index (χ3v) is 2.85. The van der Waals surface area contributed by atoms with E-state index in [9.17, 15) is 4.79 Å². The van der Waals surface area contributed by atoms with Gasteiger partial charge in [-0.1, -0.05) is 0 Å². The number of carbonyl (C=O) groups is 1. The van der Waals surface area contributed by atoms with Crippen LogP contribution in [0, 0.1) is 0 Å². The molecule has 5 nitrogen and oxygen atoms in total. The first-order chi connectivity index (χ1) is 7.77. The summed E-state index contributed by atoms with van der Waals surface area (Å²) in [6, 6.07) is 0. The molecule has 1 N–H and O–H groups in total. The number of methoxy groups -OCH3 is 1. The minimum absolute atomic E-state index is 0.0804. The number of carbonyl (C=O) groups excluding carboxylic acids is 1. The Morgan fingerprint density at radius 2 is 2.06 bits per heavy atom. The Labute approximate surface area is 97.0 Å². The largest absolute Gasteiger partial charge is 0.395 e. The van der Waals surface area contributed by atoms with E-state index in [0.717, 1.165) is 25.9 Å². The Balaban J connectivity index is 2.30. The molecule has 0 saturated carbocycles. The Hall–Kier alpha value is -0.650. The van der Waals surface area contributed by atoms with Gasteiger partial charge < -0.3 is 14.7 Å². The van der Waals surface area contributed by atoms with Gasteiger partial charge in [0.05, 0.1) is 19.8 Å². The highest BCUT2D eigenvalue weighted by molar-refractivity contribution is 5.78. The fraction of sp³-hybridized carbons (Fsp3) is 0.909. The first-order valence-corrected chi connectivity index (χ1v) is 5.88. The normalized spacial score (nSPS) is 16.1. The summed E-state index contributed by atoms with van der Waals surface area (Å²) < 4.78 is 4.98. The van der Waals surface area contributed by atoms with E-state index >= 15 is 0 Å². The molecule has 0 aromatic heterocycles. The summed E-state index contributed by atoms with van der Waals surface area (Å²) in [6.45, 7) is 4.06. The summed E-state index contributed by atoms with van der Waals surface area (Å²) in [6.07, 6.45) is 2.23. The van der Waals surface area contributed by atoms with Gasteiger partial charge in [0.2, 0.25) is 5.91 Å². The molecule has 0 bridgehead atoms. The van der Waals surface area contributed by atoms with Crippen molar-refractivity contribution in [1.82, 2.24) is 9.80 Å². The summed E-state index contributed by atoms with van der Waals surface area (Å²) >= 11 is 0. The van der Waals surface area contributed by atoms with Crippen LogP contribution in [0.2, 0.25) is 0 Å². The Bertz CT molecular complexity index is 205. The summed E-state index contributed by atoms with van der Waals surface area (Å²) in [5, 5.41) is 8.91. The Morgan fingerprint density at radius 3 is 2.62 bits per heavy atom. The fourth-order valence-corrected chi connectivity index (χ4v) is 1.89. The second-order valence-corrected chi connectivity index (χ2v) is 4.08. The van der Waals surface area contributed by atoms with Crippen LogP contribution in [0.25, 0.3) is 0 Å². The highest BCUT2D eigenvalue weighted by atomic mass is 16.5. The first-order valence-electron chi connectivity index (χ1n) is 5.88. The van der Waals surface area contributed by atoms with Crippen LogP contribution in [-0.4, -0.2) is 73.9 Å². The summed E-state index contributed by atoms with van der Waals surface area (Å²) in [7, 11) is 1.64. The molecule has 0 unspecified atom stereocenters. The molecule has 0 aliphatic carbocycles. The third-order valence-electron chi connectivity index (χ3n) is 2.85. The summed E-state index contributed by atoms with van der Waals surface area (Å²) in [4.78, 5) is 15.7. The highest BCUT2D eigenvalue weighted by Crippen LogP contribution is 2.07. The van der Waals surface area contributed by atoms with Crippen molar-refractivity contribution in [2.75, 3.05) is 53.0 Å². The number of rotatable bonds is 7. The van der Waals surface area contributed by atoms with Gasteiger partial charge in [0.15, 0.2) is 0 Å². The van der Waals surface area contributed by atoms with Crippen LogP contribution >= 0.6 is 0 Å². The molecule has 94 valence electrons. The number of aliphatic hydroxyl groups is 1. The van der Waals surface area contributed by atoms with E-state index < -0.39 is 0 Å². The maximum Gasteiger partial charge on any atom is 0.236 e. The minimum Gasteiger partial charge on any atom is -0.395 e. The van der Waals surface area contributed by atoms with Crippen LogP contribution in [0.5, 0.6) is 0 Å². The van der Waals surface area contributed by atoms with Gasteiger partial charge in [0.25, 0.3) is 0 Å². The van der Waals surface area contributed by atoms with Crippen molar-refractivity contribution in [3.63, 3.8) is 0 Å². The number of hydrogen-bond donors (Lipinski definition) is 1. The maximum absolute atomic E-state index is 11.9. The average molecular weight is 230 g/mol. The van der Waals surface area contributed by atoms with Gasteiger partial charge in [-0.3, -0.25) is 9.69 Å². The smallest absolute Gasteiger partial charge is 0.236 e. The molecule has 0 atom stereocenters. The van der Waals surface area contributed by atoms with Crippen molar-refractivity contribution in [2.24, 2.45) is 0 Å². The number of likely N-dealkylation sites (tertiary alicyclic amines) is 1. The van der Waals surface area contributed by atoms with Crippen LogP contribution in [0.15, 0.2) is 0 Å². The standard InChI is InChI=1S/C11H22N2O3/c1-16-9-7-12(6-8-14)10-11(15)13-4-2-3-5-13/h14H,2-10H2,1H3. The van der Waals surface area contributed by atoms with Crippen LogP contribution in [-0.2, 0) is 9.53 Å². The molecule has 1 fully saturated rings. The van der Waals surface area contributed by atoms with E-state index in [4.69, 9.17) is 9.84 Å². The number of amides is 1. The predicted molar refractivity (Wildman–Crippen MR) is 61.2 cm³/mol. The molecule has 1 heterocycles. The molecule has 1 saturated heterocycles. The lowest BCUT2D eigenvalue weighted by atomic mass is 10.4. The van der Waals surface area contributed by atoms with Crippen LogP contribution in [0.3, 0.4) is 0 Å². The van der Waals surface area contributed by atoms with E-state index in [2.05, 4.69) is 0 Å². The van der Waals surface area contributed by atoms with Gasteiger partial charge in [0, 0.05) is 33.3 Å². The molecule has 1 rings (SSSR count). The Morgan fingerprint density at radius 1 is 1.38 bits per heavy atom. The van der Waals surface area contributed by atoms with Crippen LogP contribution in [0.1, 0.15) is 12.8 Å². The molecule has 0 aromatic carbocycles. The SMILES string of the molecule is COCCN(CCO)CC(=O)N1CCCC1. The molecule has 1 amide bonds. The summed E-state index contributed by atoms with van der Waals surface area (Å²) in [5.41, 5.74) is 0. The maximum atomic E-state index is 11.9. The minimum atomic E-state index is 0.0804. The summed E-state index contributed by atoms with van der Waals surface area (Å²) in [5.74, 6) is 0.169. The Kier molecular flexibility index (Phi) is 6.37. The molecule has 1 aliphatic heterocycles. The number of aliphatic hydroxyl groups excluding tert-OH is 1. The van der Waals surface area contributed by atoms with E-state index in [1.807, 2.05) is 9.80 Å². The van der Waals surface area contributed by atoms with E-state index in [1.54, 1.807) is 7.11 Å². The lowest BCUT2D eigenvalue weighted by Crippen LogP contribution is -2.41. The first kappa shape index (κ1) is 13.4. The second kappa shape index (κ2) is 7.60. The zero-order valence-electron chi connectivity index (χ0n) is 10.0. The number of ether oxygens (including phenoxy) is 1. The quantitative estimate of drug-likeness (QED) is 0.643. The van der Waals surface area contributed by atoms with Gasteiger partial charge in [-0.2, -0.15) is 0 Å². The predicted octanol–water partition coefficient (Wildman–Crippen LogP) is -0.450. The molecule has 5 heteroatoms. The molecular weight excluding hydrogens is 208 g/mol. The van der Waals surface area contributed by atoms with Gasteiger partial charge in [0.1, 0.15) is 0 Å². The van der Waals surface area contributed by atoms with E-state index in [0.29, 0.717) is 26.2 Å². The second-order valence-electron chi connectivity index (χ2n) is 4.08. The number of nitrogens with zero attached hydrogens (tertiary/aromatic N) is 2. The van der Waals surface area contributed by atoms with Crippen molar-refractivity contribution in [3.05, 3.63) is 0 Å². The zero-order valence-corrected chi connectivity index (χ0v) is 10.0. The molecule has 0 spiro atoms. The lowest BCUT2D eigenvalue weighted by Gasteiger charge is -2.23. The van der Waals surface area contributed by atoms with Crippen LogP contribution in [0.4, 0.5) is 0 Å². The van der Waals surface area contributed by atoms with Gasteiger partial charge in [-0.15, -0.1) is 0 Å². The van der Waals surface area contributed by atoms with Gasteiger partial charge in [-0.25, -0.2) is 0 Å². The molecule has 0 radical (unpaired) electrons. The van der Waals surface area contributed by atoms with Crippen molar-refractivity contribution < 1.29 is 14.6 Å². The van der Waals surface area contributed by atoms with Crippen molar-refractivity contribution in [2.45, 2.75) is 12.8 Å². The molecule has 0 aromatic rings. The monoisotopic (exact) mass is 230 g/mol. The lowest BCUT2D eigenvalue weighted by molar-refractivity contribution is -0.131. The van der Waals surface area contributed by atoms with Crippen molar-refractivity contribution in [3.8, 4) is 0 Å². The molecule has 1 aliphatic rings. The fourth-order valence-electron chi connectivity index (χ4n) is 1.89. The molecular formula is C11H22N2O3. The topological polar surface area (TPSA) is 53.0 Å². The van der Waals surface area contributed by atoms with Crippen molar-refractivity contribution >= 4 is 5.91 Å². The van der Waals surface area contributed by atoms with E-state index in [-0.39, 0.29) is 12.5 Å². The average Bonchev–Trinajstić information content (AvgIpc) is 2.79. The van der Waals surface area contributed by atoms with E-state index in [1.165, 1.54) is 0 Å². The van der Waals surface area contributed by atoms with Crippen molar-refractivity contribution in [1.29, 1.82) is 0 Å².